The minimum absolute atomic E-state index is 0.00160. The predicted octanol–water partition coefficient (Wildman–Crippen LogP) is 2.77. The second-order valence-corrected chi connectivity index (χ2v) is 10.2. The lowest BCUT2D eigenvalue weighted by molar-refractivity contribution is -0.114. The number of rotatable bonds is 7. The molecule has 2 aromatic rings. The van der Waals surface area contributed by atoms with Crippen LogP contribution in [-0.4, -0.2) is 61.3 Å². The Bertz CT molecular complexity index is 1330. The normalized spacial score (nSPS) is 16.8. The molecule has 0 saturated carbocycles. The highest BCUT2D eigenvalue weighted by molar-refractivity contribution is 8.42. The van der Waals surface area contributed by atoms with Gasteiger partial charge in [-0.25, -0.2) is 8.42 Å². The van der Waals surface area contributed by atoms with Gasteiger partial charge in [0.1, 0.15) is 19.0 Å². The van der Waals surface area contributed by atoms with E-state index < -0.39 is 15.7 Å². The quantitative estimate of drug-likeness (QED) is 0.454. The minimum atomic E-state index is -3.58. The summed E-state index contributed by atoms with van der Waals surface area (Å²) in [7, 11) is -2.00. The van der Waals surface area contributed by atoms with Crippen molar-refractivity contribution in [1.29, 1.82) is 5.41 Å². The molecule has 2 aliphatic rings. The molecule has 176 valence electrons. The van der Waals surface area contributed by atoms with E-state index >= 15 is 0 Å². The standard InChI is InChI=1S/C22H20N4O6S2/c1-30-17-5-3-4-6-18(17)32-12-11-31-15-9-7-14(8-10-15)13-16-19(23)26-21(24-20(16)27)33-22(25-26)34(2,28)29/h3-10,13,23H,11-12H2,1-2H3/b16-13+,23-19?. The van der Waals surface area contributed by atoms with Crippen molar-refractivity contribution in [3.63, 3.8) is 0 Å². The van der Waals surface area contributed by atoms with Crippen LogP contribution in [0, 0.1) is 5.41 Å². The van der Waals surface area contributed by atoms with Crippen LogP contribution < -0.4 is 14.2 Å². The van der Waals surface area contributed by atoms with Gasteiger partial charge in [-0.3, -0.25) is 10.2 Å². The van der Waals surface area contributed by atoms with E-state index in [9.17, 15) is 13.2 Å². The SMILES string of the molecule is COc1ccccc1OCCOc1ccc(/C=C2\C(=N)N3N=C(S(C)(=O)=O)SC3=NC2=O)cc1. The van der Waals surface area contributed by atoms with Crippen molar-refractivity contribution in [3.05, 3.63) is 59.7 Å². The van der Waals surface area contributed by atoms with Gasteiger partial charge >= 0.3 is 0 Å². The van der Waals surface area contributed by atoms with Crippen LogP contribution in [0.25, 0.3) is 6.08 Å². The third-order valence-corrected chi connectivity index (χ3v) is 7.20. The molecule has 2 heterocycles. The number of para-hydroxylation sites is 2. The Balaban J connectivity index is 1.38. The van der Waals surface area contributed by atoms with Gasteiger partial charge in [0.05, 0.1) is 12.7 Å². The van der Waals surface area contributed by atoms with Crippen LogP contribution in [0.3, 0.4) is 0 Å². The maximum Gasteiger partial charge on any atom is 0.283 e. The lowest BCUT2D eigenvalue weighted by Crippen LogP contribution is -2.35. The number of ether oxygens (including phenoxy) is 3. The van der Waals surface area contributed by atoms with Crippen LogP contribution in [0.2, 0.25) is 0 Å². The van der Waals surface area contributed by atoms with Gasteiger partial charge in [0, 0.05) is 6.26 Å². The van der Waals surface area contributed by atoms with Crippen LogP contribution in [0.4, 0.5) is 0 Å². The number of fused-ring (bicyclic) bond motifs is 1. The van der Waals surface area contributed by atoms with Crippen LogP contribution >= 0.6 is 11.8 Å². The number of amides is 1. The van der Waals surface area contributed by atoms with Crippen molar-refractivity contribution in [3.8, 4) is 17.2 Å². The molecular formula is C22H20N4O6S2. The molecule has 0 bridgehead atoms. The van der Waals surface area contributed by atoms with Crippen molar-refractivity contribution >= 4 is 49.0 Å². The van der Waals surface area contributed by atoms with Gasteiger partial charge in [-0.05, 0) is 47.7 Å². The molecule has 0 saturated heterocycles. The van der Waals surface area contributed by atoms with Crippen LogP contribution in [0.5, 0.6) is 17.2 Å². The topological polar surface area (TPSA) is 131 Å². The summed E-state index contributed by atoms with van der Waals surface area (Å²) >= 11 is 0.745. The third-order valence-electron chi connectivity index (χ3n) is 4.62. The summed E-state index contributed by atoms with van der Waals surface area (Å²) in [5.41, 5.74) is 0.644. The molecule has 0 atom stereocenters. The van der Waals surface area contributed by atoms with Crippen molar-refractivity contribution in [2.24, 2.45) is 10.1 Å². The van der Waals surface area contributed by atoms with Gasteiger partial charge in [-0.2, -0.15) is 10.0 Å². The summed E-state index contributed by atoms with van der Waals surface area (Å²) in [6, 6.07) is 14.3. The number of nitrogens with one attached hydrogen (secondary N) is 1. The van der Waals surface area contributed by atoms with Gasteiger partial charge < -0.3 is 14.2 Å². The number of aliphatic imine (C=N–C) groups is 1. The number of carbonyl (C=O) groups excluding carboxylic acids is 1. The lowest BCUT2D eigenvalue weighted by atomic mass is 10.1. The summed E-state index contributed by atoms with van der Waals surface area (Å²) in [6.45, 7) is 0.633. The average molecular weight is 501 g/mol. The molecule has 2 aromatic carbocycles. The van der Waals surface area contributed by atoms with E-state index in [4.69, 9.17) is 19.6 Å². The smallest absolute Gasteiger partial charge is 0.283 e. The number of thioether (sulfide) groups is 1. The Hall–Kier alpha value is -3.64. The molecule has 0 aliphatic carbocycles. The van der Waals surface area contributed by atoms with Crippen molar-refractivity contribution in [2.75, 3.05) is 26.6 Å². The number of hydrogen-bond acceptors (Lipinski definition) is 9. The molecule has 0 fully saturated rings. The maximum absolute atomic E-state index is 12.4. The Kier molecular flexibility index (Phi) is 6.70. The van der Waals surface area contributed by atoms with Crippen molar-refractivity contribution < 1.29 is 27.4 Å². The fourth-order valence-corrected chi connectivity index (χ4v) is 4.69. The van der Waals surface area contributed by atoms with Gasteiger partial charge in [0.15, 0.2) is 17.3 Å². The zero-order valence-electron chi connectivity index (χ0n) is 18.2. The molecule has 0 unspecified atom stereocenters. The highest BCUT2D eigenvalue weighted by Gasteiger charge is 2.38. The second kappa shape index (κ2) is 9.69. The van der Waals surface area contributed by atoms with E-state index in [1.54, 1.807) is 31.4 Å². The van der Waals surface area contributed by atoms with Gasteiger partial charge in [-0.1, -0.05) is 24.3 Å². The summed E-state index contributed by atoms with van der Waals surface area (Å²) < 4.78 is 39.9. The largest absolute Gasteiger partial charge is 0.493 e. The molecule has 34 heavy (non-hydrogen) atoms. The Morgan fingerprint density at radius 2 is 1.74 bits per heavy atom. The first-order valence-electron chi connectivity index (χ1n) is 9.95. The van der Waals surface area contributed by atoms with E-state index in [1.807, 2.05) is 24.3 Å². The van der Waals surface area contributed by atoms with Crippen LogP contribution in [-0.2, 0) is 14.6 Å². The first-order chi connectivity index (χ1) is 16.3. The second-order valence-electron chi connectivity index (χ2n) is 7.07. The number of benzene rings is 2. The molecule has 10 nitrogen and oxygen atoms in total. The van der Waals surface area contributed by atoms with Gasteiger partial charge in [0.25, 0.3) is 5.91 Å². The fraction of sp³-hybridized carbons (Fsp3) is 0.182. The molecule has 0 aromatic heterocycles. The number of hydrazone groups is 1. The third kappa shape index (κ3) is 5.13. The number of carbonyl (C=O) groups is 1. The van der Waals surface area contributed by atoms with E-state index in [0.29, 0.717) is 36.0 Å². The monoisotopic (exact) mass is 500 g/mol. The number of sulfone groups is 1. The van der Waals surface area contributed by atoms with Gasteiger partial charge in [-0.15, -0.1) is 5.10 Å². The Morgan fingerprint density at radius 3 is 2.41 bits per heavy atom. The lowest BCUT2D eigenvalue weighted by Gasteiger charge is -2.20. The Labute approximate surface area is 200 Å². The minimum Gasteiger partial charge on any atom is -0.493 e. The zero-order valence-corrected chi connectivity index (χ0v) is 19.9. The highest BCUT2D eigenvalue weighted by Crippen LogP contribution is 2.30. The van der Waals surface area contributed by atoms with E-state index in [0.717, 1.165) is 23.0 Å². The van der Waals surface area contributed by atoms with Crippen molar-refractivity contribution in [2.45, 2.75) is 0 Å². The zero-order chi connectivity index (χ0) is 24.3. The highest BCUT2D eigenvalue weighted by atomic mass is 32.3. The molecule has 1 amide bonds. The molecule has 4 rings (SSSR count). The Morgan fingerprint density at radius 1 is 1.06 bits per heavy atom. The number of hydrogen-bond donors (Lipinski definition) is 1. The number of amidine groups is 2. The van der Waals surface area contributed by atoms with Crippen LogP contribution in [0.1, 0.15) is 5.56 Å². The summed E-state index contributed by atoms with van der Waals surface area (Å²) in [4.78, 5) is 16.3. The first kappa shape index (κ1) is 23.5. The molecular weight excluding hydrogens is 480 g/mol. The summed E-state index contributed by atoms with van der Waals surface area (Å²) in [6.07, 6.45) is 2.51. The summed E-state index contributed by atoms with van der Waals surface area (Å²) in [5, 5.41) is 13.3. The van der Waals surface area contributed by atoms with E-state index in [-0.39, 0.29) is 21.0 Å². The first-order valence-corrected chi connectivity index (χ1v) is 12.7. The molecule has 1 N–H and O–H groups in total. The molecule has 12 heteroatoms. The predicted molar refractivity (Wildman–Crippen MR) is 130 cm³/mol. The molecule has 0 radical (unpaired) electrons. The van der Waals surface area contributed by atoms with Crippen molar-refractivity contribution in [1.82, 2.24) is 5.01 Å². The molecule has 2 aliphatic heterocycles. The number of methoxy groups -OCH3 is 1. The van der Waals surface area contributed by atoms with E-state index in [2.05, 4.69) is 10.1 Å². The maximum atomic E-state index is 12.4. The molecule has 0 spiro atoms. The summed E-state index contributed by atoms with van der Waals surface area (Å²) in [5.74, 6) is 1.00. The van der Waals surface area contributed by atoms with Gasteiger partial charge in [0.2, 0.25) is 19.4 Å². The fourth-order valence-electron chi connectivity index (χ4n) is 3.00. The average Bonchev–Trinajstić information content (AvgIpc) is 3.25. The number of nitrogens with zero attached hydrogens (tertiary/aromatic N) is 3. The van der Waals surface area contributed by atoms with E-state index in [1.165, 1.54) is 6.08 Å². The van der Waals surface area contributed by atoms with Crippen LogP contribution in [0.15, 0.2) is 64.2 Å².